The number of nitrogens with zero attached hydrogens (tertiary/aromatic N) is 2. The zero-order valence-electron chi connectivity index (χ0n) is 17.2. The van der Waals surface area contributed by atoms with E-state index in [0.29, 0.717) is 27.7 Å². The van der Waals surface area contributed by atoms with E-state index in [4.69, 9.17) is 4.42 Å². The van der Waals surface area contributed by atoms with Crippen LogP contribution in [-0.4, -0.2) is 22.2 Å². The molecule has 0 radical (unpaired) electrons. The van der Waals surface area contributed by atoms with Crippen LogP contribution in [0.5, 0.6) is 0 Å². The number of barbiturate groups is 1. The summed E-state index contributed by atoms with van der Waals surface area (Å²) >= 11 is 0. The van der Waals surface area contributed by atoms with Crippen molar-refractivity contribution in [2.45, 2.75) is 13.8 Å². The first kappa shape index (κ1) is 19.5. The van der Waals surface area contributed by atoms with Crippen LogP contribution in [-0.2, 0) is 9.59 Å². The monoisotopic (exact) mass is 427 g/mol. The maximum Gasteiger partial charge on any atom is 0.346 e. The van der Waals surface area contributed by atoms with Crippen LogP contribution in [0.4, 0.5) is 10.5 Å². The number of urea groups is 1. The Balaban J connectivity index is 1.70. The van der Waals surface area contributed by atoms with Gasteiger partial charge in [-0.25, -0.2) is 14.5 Å². The number of carbonyl (C=O) groups excluding carboxylic acids is 3. The van der Waals surface area contributed by atoms with Gasteiger partial charge in [-0.15, -0.1) is 0 Å². The normalized spacial score (nSPS) is 15.8. The molecule has 0 bridgehead atoms. The summed E-state index contributed by atoms with van der Waals surface area (Å²) in [5.74, 6) is -1.57. The second kappa shape index (κ2) is 7.05. The van der Waals surface area contributed by atoms with Crippen molar-refractivity contribution in [2.75, 3.05) is 4.90 Å². The molecule has 0 saturated carbocycles. The first-order valence-corrected chi connectivity index (χ1v) is 9.88. The van der Waals surface area contributed by atoms with Gasteiger partial charge in [-0.3, -0.25) is 19.3 Å². The number of nitrogens with one attached hydrogen (secondary N) is 1. The topological polar surface area (TPSA) is 101 Å². The molecular weight excluding hydrogens is 410 g/mol. The summed E-state index contributed by atoms with van der Waals surface area (Å²) in [6.45, 7) is 3.59. The molecule has 3 heterocycles. The van der Waals surface area contributed by atoms with Crippen molar-refractivity contribution in [1.82, 2.24) is 9.72 Å². The predicted octanol–water partition coefficient (Wildman–Crippen LogP) is 3.33. The van der Waals surface area contributed by atoms with Crippen LogP contribution in [0.2, 0.25) is 0 Å². The summed E-state index contributed by atoms with van der Waals surface area (Å²) in [5.41, 5.74) is 2.30. The highest BCUT2D eigenvalue weighted by Crippen LogP contribution is 2.27. The van der Waals surface area contributed by atoms with Crippen LogP contribution in [0.1, 0.15) is 16.8 Å². The number of amides is 4. The Morgan fingerprint density at radius 1 is 0.938 bits per heavy atom. The third kappa shape index (κ3) is 2.84. The maximum absolute atomic E-state index is 13.2. The number of carbonyl (C=O) groups is 3. The molecule has 0 aliphatic carbocycles. The van der Waals surface area contributed by atoms with Gasteiger partial charge in [-0.2, -0.15) is 0 Å². The lowest BCUT2D eigenvalue weighted by atomic mass is 10.1. The molecule has 0 atom stereocenters. The number of imide groups is 2. The van der Waals surface area contributed by atoms with E-state index in [1.807, 2.05) is 13.0 Å². The highest BCUT2D eigenvalue weighted by molar-refractivity contribution is 6.39. The lowest BCUT2D eigenvalue weighted by Crippen LogP contribution is -2.54. The van der Waals surface area contributed by atoms with Gasteiger partial charge in [-0.1, -0.05) is 30.3 Å². The second-order valence-corrected chi connectivity index (χ2v) is 7.53. The first-order valence-electron chi connectivity index (χ1n) is 9.88. The number of fused-ring (bicyclic) bond motifs is 3. The Kier molecular flexibility index (Phi) is 4.30. The molecule has 0 unspecified atom stereocenters. The molecule has 1 aliphatic rings. The summed E-state index contributed by atoms with van der Waals surface area (Å²) in [7, 11) is 0. The van der Waals surface area contributed by atoms with Crippen LogP contribution in [0.25, 0.3) is 22.7 Å². The Morgan fingerprint density at radius 3 is 2.44 bits per heavy atom. The molecule has 32 heavy (non-hydrogen) atoms. The fourth-order valence-corrected chi connectivity index (χ4v) is 3.98. The van der Waals surface area contributed by atoms with E-state index >= 15 is 0 Å². The van der Waals surface area contributed by atoms with Crippen molar-refractivity contribution in [2.24, 2.45) is 0 Å². The molecule has 1 saturated heterocycles. The number of hydrogen-bond donors (Lipinski definition) is 1. The minimum Gasteiger partial charge on any atom is -0.405 e. The lowest BCUT2D eigenvalue weighted by molar-refractivity contribution is -0.122. The zero-order valence-corrected chi connectivity index (χ0v) is 17.2. The van der Waals surface area contributed by atoms with Crippen LogP contribution in [0.15, 0.2) is 69.4 Å². The van der Waals surface area contributed by atoms with Crippen molar-refractivity contribution in [3.8, 4) is 0 Å². The van der Waals surface area contributed by atoms with Gasteiger partial charge >= 0.3 is 11.7 Å². The number of aromatic nitrogens is 1. The number of anilines is 1. The molecule has 1 N–H and O–H groups in total. The molecule has 8 nitrogen and oxygen atoms in total. The van der Waals surface area contributed by atoms with E-state index in [9.17, 15) is 19.2 Å². The standard InChI is InChI=1S/C24H17N3O5/c1-13-7-3-5-9-18(13)27-21(29)17(20(28)25-24(27)31)12-15-11-14(2)26-19-10-6-4-8-16(19)23(30)32-22(15)26/h3-12H,1-2H3,(H,25,28,31)/b17-12+. The van der Waals surface area contributed by atoms with E-state index in [0.717, 1.165) is 10.6 Å². The molecule has 5 rings (SSSR count). The fourth-order valence-electron chi connectivity index (χ4n) is 3.98. The van der Waals surface area contributed by atoms with Gasteiger partial charge in [0.2, 0.25) is 5.71 Å². The zero-order chi connectivity index (χ0) is 22.6. The number of rotatable bonds is 2. The minimum absolute atomic E-state index is 0.207. The summed E-state index contributed by atoms with van der Waals surface area (Å²) in [4.78, 5) is 51.6. The lowest BCUT2D eigenvalue weighted by Gasteiger charge is -2.27. The van der Waals surface area contributed by atoms with E-state index < -0.39 is 23.5 Å². The van der Waals surface area contributed by atoms with Gasteiger partial charge in [0, 0.05) is 11.3 Å². The summed E-state index contributed by atoms with van der Waals surface area (Å²) in [6.07, 6.45) is 1.34. The molecule has 4 aromatic rings. The molecule has 0 spiro atoms. The van der Waals surface area contributed by atoms with Gasteiger partial charge in [-0.05, 0) is 49.8 Å². The minimum atomic E-state index is -0.818. The summed E-state index contributed by atoms with van der Waals surface area (Å²) in [5, 5.41) is 2.63. The second-order valence-electron chi connectivity index (χ2n) is 7.53. The Bertz CT molecular complexity index is 1560. The van der Waals surface area contributed by atoms with Crippen LogP contribution >= 0.6 is 0 Å². The quantitative estimate of drug-likeness (QED) is 0.391. The molecule has 158 valence electrons. The van der Waals surface area contributed by atoms with E-state index in [2.05, 4.69) is 5.32 Å². The number of hydrogen-bond acceptors (Lipinski definition) is 5. The maximum atomic E-state index is 13.2. The fraction of sp³-hybridized carbons (Fsp3) is 0.0833. The third-order valence-corrected chi connectivity index (χ3v) is 5.48. The molecule has 2 aromatic carbocycles. The Labute approximate surface area is 181 Å². The van der Waals surface area contributed by atoms with Gasteiger partial charge < -0.3 is 4.42 Å². The number of para-hydroxylation sites is 2. The smallest absolute Gasteiger partial charge is 0.346 e. The number of aryl methyl sites for hydroxylation is 2. The highest BCUT2D eigenvalue weighted by Gasteiger charge is 2.37. The molecule has 8 heteroatoms. The average Bonchev–Trinajstić information content (AvgIpc) is 3.07. The molecule has 1 aliphatic heterocycles. The predicted molar refractivity (Wildman–Crippen MR) is 118 cm³/mol. The van der Waals surface area contributed by atoms with Crippen LogP contribution in [0, 0.1) is 13.8 Å². The van der Waals surface area contributed by atoms with Gasteiger partial charge in [0.25, 0.3) is 11.8 Å². The van der Waals surface area contributed by atoms with Crippen molar-refractivity contribution in [3.05, 3.63) is 87.4 Å². The summed E-state index contributed by atoms with van der Waals surface area (Å²) in [6, 6.07) is 14.8. The third-order valence-electron chi connectivity index (χ3n) is 5.48. The van der Waals surface area contributed by atoms with Gasteiger partial charge in [0.1, 0.15) is 5.57 Å². The first-order chi connectivity index (χ1) is 15.4. The Hall–Kier alpha value is -4.46. The summed E-state index contributed by atoms with van der Waals surface area (Å²) < 4.78 is 7.28. The van der Waals surface area contributed by atoms with Crippen LogP contribution in [0.3, 0.4) is 0 Å². The van der Waals surface area contributed by atoms with Crippen molar-refractivity contribution in [1.29, 1.82) is 0 Å². The highest BCUT2D eigenvalue weighted by atomic mass is 16.4. The molecule has 1 fully saturated rings. The molecule has 2 aromatic heterocycles. The van der Waals surface area contributed by atoms with E-state index in [1.54, 1.807) is 59.9 Å². The van der Waals surface area contributed by atoms with Crippen molar-refractivity contribution in [3.63, 3.8) is 0 Å². The molecular formula is C24H17N3O5. The molecule has 4 amide bonds. The van der Waals surface area contributed by atoms with E-state index in [1.165, 1.54) is 6.08 Å². The van der Waals surface area contributed by atoms with Gasteiger partial charge in [0.15, 0.2) is 0 Å². The van der Waals surface area contributed by atoms with Crippen molar-refractivity contribution >= 4 is 46.2 Å². The van der Waals surface area contributed by atoms with Crippen LogP contribution < -0.4 is 15.8 Å². The van der Waals surface area contributed by atoms with Gasteiger partial charge in [0.05, 0.1) is 16.6 Å². The Morgan fingerprint density at radius 2 is 1.66 bits per heavy atom. The average molecular weight is 427 g/mol. The van der Waals surface area contributed by atoms with Crippen molar-refractivity contribution < 1.29 is 18.8 Å². The largest absolute Gasteiger partial charge is 0.405 e. The SMILES string of the molecule is Cc1ccccc1N1C(=O)NC(=O)/C(=C\c2cc(C)n3c2oc(=O)c2ccccc23)C1=O. The van der Waals surface area contributed by atoms with E-state index in [-0.39, 0.29) is 11.3 Å². The number of benzene rings is 2.